The lowest BCUT2D eigenvalue weighted by Crippen LogP contribution is -1.99. The van der Waals surface area contributed by atoms with Crippen molar-refractivity contribution in [3.63, 3.8) is 0 Å². The molecular formula is C15H18N2O. The number of hydrogen-bond donors (Lipinski definition) is 1. The van der Waals surface area contributed by atoms with Gasteiger partial charge in [0.05, 0.1) is 0 Å². The molecule has 0 unspecified atom stereocenters. The van der Waals surface area contributed by atoms with E-state index < -0.39 is 0 Å². The number of nitrogens with one attached hydrogen (secondary N) is 1. The summed E-state index contributed by atoms with van der Waals surface area (Å²) in [6, 6.07) is 10.2. The molecule has 0 amide bonds. The molecule has 1 aromatic carbocycles. The number of ether oxygens (including phenoxy) is 1. The van der Waals surface area contributed by atoms with Crippen LogP contribution in [0.5, 0.6) is 5.75 Å². The molecule has 0 aliphatic carbocycles. The smallest absolute Gasteiger partial charge is 0.126 e. The molecule has 0 saturated carbocycles. The van der Waals surface area contributed by atoms with Gasteiger partial charge in [-0.1, -0.05) is 17.7 Å². The number of aryl methyl sites for hydroxylation is 2. The first-order valence-corrected chi connectivity index (χ1v) is 6.02. The van der Waals surface area contributed by atoms with Crippen molar-refractivity contribution >= 4 is 5.82 Å². The van der Waals surface area contributed by atoms with Crippen LogP contribution in [0.3, 0.4) is 0 Å². The highest BCUT2D eigenvalue weighted by molar-refractivity contribution is 5.38. The lowest BCUT2D eigenvalue weighted by Gasteiger charge is -2.10. The van der Waals surface area contributed by atoms with Crippen molar-refractivity contribution in [3.05, 3.63) is 53.2 Å². The largest absolute Gasteiger partial charge is 0.489 e. The summed E-state index contributed by atoms with van der Waals surface area (Å²) in [5.41, 5.74) is 3.52. The van der Waals surface area contributed by atoms with E-state index in [1.165, 1.54) is 5.56 Å². The molecule has 1 N–H and O–H groups in total. The summed E-state index contributed by atoms with van der Waals surface area (Å²) in [5.74, 6) is 1.79. The molecule has 18 heavy (non-hydrogen) atoms. The highest BCUT2D eigenvalue weighted by Crippen LogP contribution is 2.20. The van der Waals surface area contributed by atoms with Gasteiger partial charge in [0, 0.05) is 13.2 Å². The summed E-state index contributed by atoms with van der Waals surface area (Å²) in [5, 5.41) is 3.02. The SMILES string of the molecule is CNc1cc(COc2ccc(C)cc2C)ccn1. The molecule has 0 spiro atoms. The second-order valence-electron chi connectivity index (χ2n) is 4.36. The highest BCUT2D eigenvalue weighted by atomic mass is 16.5. The number of rotatable bonds is 4. The first-order chi connectivity index (χ1) is 8.69. The molecular weight excluding hydrogens is 224 g/mol. The van der Waals surface area contributed by atoms with Gasteiger partial charge in [-0.25, -0.2) is 4.98 Å². The minimum absolute atomic E-state index is 0.557. The van der Waals surface area contributed by atoms with Crippen LogP contribution in [0.15, 0.2) is 36.5 Å². The van der Waals surface area contributed by atoms with E-state index in [1.807, 2.05) is 25.2 Å². The van der Waals surface area contributed by atoms with Crippen molar-refractivity contribution in [2.24, 2.45) is 0 Å². The quantitative estimate of drug-likeness (QED) is 0.893. The van der Waals surface area contributed by atoms with Crippen LogP contribution >= 0.6 is 0 Å². The molecule has 0 saturated heterocycles. The maximum atomic E-state index is 5.82. The Morgan fingerprint density at radius 3 is 2.72 bits per heavy atom. The topological polar surface area (TPSA) is 34.1 Å². The first kappa shape index (κ1) is 12.4. The van der Waals surface area contributed by atoms with Gasteiger partial charge in [0.1, 0.15) is 18.2 Å². The van der Waals surface area contributed by atoms with E-state index in [0.29, 0.717) is 6.61 Å². The van der Waals surface area contributed by atoms with Crippen molar-refractivity contribution in [1.29, 1.82) is 0 Å². The molecule has 1 heterocycles. The van der Waals surface area contributed by atoms with Gasteiger partial charge in [-0.05, 0) is 43.2 Å². The number of anilines is 1. The zero-order valence-electron chi connectivity index (χ0n) is 11.0. The summed E-state index contributed by atoms with van der Waals surface area (Å²) in [4.78, 5) is 4.18. The third-order valence-corrected chi connectivity index (χ3v) is 2.81. The molecule has 0 radical (unpaired) electrons. The Morgan fingerprint density at radius 2 is 2.00 bits per heavy atom. The predicted octanol–water partition coefficient (Wildman–Crippen LogP) is 3.32. The fourth-order valence-electron chi connectivity index (χ4n) is 1.82. The Bertz CT molecular complexity index is 538. The van der Waals surface area contributed by atoms with Gasteiger partial charge >= 0.3 is 0 Å². The fraction of sp³-hybridized carbons (Fsp3) is 0.267. The van der Waals surface area contributed by atoms with Gasteiger partial charge in [-0.3, -0.25) is 0 Å². The number of aromatic nitrogens is 1. The predicted molar refractivity (Wildman–Crippen MR) is 74.0 cm³/mol. The standard InChI is InChI=1S/C15H18N2O/c1-11-4-5-14(12(2)8-11)18-10-13-6-7-17-15(9-13)16-3/h4-9H,10H2,1-3H3,(H,16,17). The van der Waals surface area contributed by atoms with Crippen LogP contribution in [-0.4, -0.2) is 12.0 Å². The molecule has 3 nitrogen and oxygen atoms in total. The maximum absolute atomic E-state index is 5.82. The second-order valence-corrected chi connectivity index (χ2v) is 4.36. The Morgan fingerprint density at radius 1 is 1.17 bits per heavy atom. The maximum Gasteiger partial charge on any atom is 0.126 e. The average Bonchev–Trinajstić information content (AvgIpc) is 2.38. The van der Waals surface area contributed by atoms with Crippen molar-refractivity contribution in [2.45, 2.75) is 20.5 Å². The second kappa shape index (κ2) is 5.54. The highest BCUT2D eigenvalue weighted by Gasteiger charge is 2.01. The Hall–Kier alpha value is -2.03. The zero-order chi connectivity index (χ0) is 13.0. The van der Waals surface area contributed by atoms with Gasteiger partial charge in [0.25, 0.3) is 0 Å². The van der Waals surface area contributed by atoms with Crippen molar-refractivity contribution in [1.82, 2.24) is 4.98 Å². The van der Waals surface area contributed by atoms with Crippen LogP contribution in [0.2, 0.25) is 0 Å². The van der Waals surface area contributed by atoms with Crippen molar-refractivity contribution < 1.29 is 4.74 Å². The van der Waals surface area contributed by atoms with Gasteiger partial charge in [0.2, 0.25) is 0 Å². The van der Waals surface area contributed by atoms with Crippen molar-refractivity contribution in [2.75, 3.05) is 12.4 Å². The van der Waals surface area contributed by atoms with Crippen LogP contribution in [-0.2, 0) is 6.61 Å². The van der Waals surface area contributed by atoms with E-state index in [0.717, 1.165) is 22.7 Å². The van der Waals surface area contributed by atoms with Crippen LogP contribution in [0.25, 0.3) is 0 Å². The van der Waals surface area contributed by atoms with Gasteiger partial charge in [-0.2, -0.15) is 0 Å². The summed E-state index contributed by atoms with van der Waals surface area (Å²) in [7, 11) is 1.86. The molecule has 94 valence electrons. The Labute approximate surface area is 108 Å². The zero-order valence-corrected chi connectivity index (χ0v) is 11.0. The summed E-state index contributed by atoms with van der Waals surface area (Å²) in [6.45, 7) is 4.70. The van der Waals surface area contributed by atoms with Crippen LogP contribution < -0.4 is 10.1 Å². The summed E-state index contributed by atoms with van der Waals surface area (Å²) in [6.07, 6.45) is 1.78. The first-order valence-electron chi connectivity index (χ1n) is 6.02. The molecule has 3 heteroatoms. The van der Waals surface area contributed by atoms with Crippen LogP contribution in [0.1, 0.15) is 16.7 Å². The summed E-state index contributed by atoms with van der Waals surface area (Å²) < 4.78 is 5.82. The number of nitrogens with zero attached hydrogens (tertiary/aromatic N) is 1. The average molecular weight is 242 g/mol. The molecule has 1 aromatic heterocycles. The fourth-order valence-corrected chi connectivity index (χ4v) is 1.82. The van der Waals surface area contributed by atoms with E-state index in [9.17, 15) is 0 Å². The van der Waals surface area contributed by atoms with Crippen LogP contribution in [0, 0.1) is 13.8 Å². The van der Waals surface area contributed by atoms with E-state index in [2.05, 4.69) is 36.3 Å². The van der Waals surface area contributed by atoms with E-state index in [4.69, 9.17) is 4.74 Å². The normalized spacial score (nSPS) is 10.2. The molecule has 0 aliphatic rings. The minimum atomic E-state index is 0.557. The third-order valence-electron chi connectivity index (χ3n) is 2.81. The van der Waals surface area contributed by atoms with Crippen LogP contribution in [0.4, 0.5) is 5.82 Å². The lowest BCUT2D eigenvalue weighted by molar-refractivity contribution is 0.304. The van der Waals surface area contributed by atoms with Crippen molar-refractivity contribution in [3.8, 4) is 5.75 Å². The van der Waals surface area contributed by atoms with Gasteiger partial charge in [-0.15, -0.1) is 0 Å². The monoisotopic (exact) mass is 242 g/mol. The van der Waals surface area contributed by atoms with E-state index >= 15 is 0 Å². The van der Waals surface area contributed by atoms with E-state index in [1.54, 1.807) is 6.20 Å². The number of hydrogen-bond acceptors (Lipinski definition) is 3. The minimum Gasteiger partial charge on any atom is -0.489 e. The van der Waals surface area contributed by atoms with Gasteiger partial charge < -0.3 is 10.1 Å². The Kier molecular flexibility index (Phi) is 3.82. The van der Waals surface area contributed by atoms with Gasteiger partial charge in [0.15, 0.2) is 0 Å². The molecule has 0 atom stereocenters. The number of benzene rings is 1. The van der Waals surface area contributed by atoms with E-state index in [-0.39, 0.29) is 0 Å². The lowest BCUT2D eigenvalue weighted by atomic mass is 10.1. The summed E-state index contributed by atoms with van der Waals surface area (Å²) >= 11 is 0. The molecule has 0 bridgehead atoms. The molecule has 0 aliphatic heterocycles. The Balaban J connectivity index is 2.06. The number of pyridine rings is 1. The molecule has 2 aromatic rings. The molecule has 0 fully saturated rings. The third kappa shape index (κ3) is 3.00. The molecule has 2 rings (SSSR count).